The quantitative estimate of drug-likeness (QED) is 0.837. The highest BCUT2D eigenvalue weighted by molar-refractivity contribution is 7.80. The lowest BCUT2D eigenvalue weighted by Crippen LogP contribution is -2.54. The van der Waals surface area contributed by atoms with E-state index in [2.05, 4.69) is 5.32 Å². The van der Waals surface area contributed by atoms with Gasteiger partial charge in [-0.1, -0.05) is 25.1 Å². The molecule has 1 amide bonds. The Hall–Kier alpha value is -1.56. The molecule has 0 spiro atoms. The standard InChI is InChI=1S/C13H14F2N2OS/c14-9-4-3-8(7-10(9)15)11(18)17-13(12(16)19)5-1-2-6-13/h3-4,7H,1-2,5-6H2,(H2,16,19)(H,17,18). The van der Waals surface area contributed by atoms with Gasteiger partial charge in [0.25, 0.3) is 5.91 Å². The topological polar surface area (TPSA) is 55.1 Å². The molecule has 0 aromatic heterocycles. The minimum absolute atomic E-state index is 0.0569. The summed E-state index contributed by atoms with van der Waals surface area (Å²) in [6.07, 6.45) is 3.21. The number of halogens is 2. The minimum atomic E-state index is -1.05. The van der Waals surface area contributed by atoms with Gasteiger partial charge >= 0.3 is 0 Å². The smallest absolute Gasteiger partial charge is 0.252 e. The fourth-order valence-electron chi connectivity index (χ4n) is 2.34. The fraction of sp³-hybridized carbons (Fsp3) is 0.385. The number of carbonyl (C=O) groups is 1. The van der Waals surface area contributed by atoms with Crippen LogP contribution < -0.4 is 11.1 Å². The summed E-state index contributed by atoms with van der Waals surface area (Å²) in [5, 5.41) is 2.76. The highest BCUT2D eigenvalue weighted by Gasteiger charge is 2.38. The van der Waals surface area contributed by atoms with Crippen molar-refractivity contribution in [3.05, 3.63) is 35.4 Å². The summed E-state index contributed by atoms with van der Waals surface area (Å²) in [5.41, 5.74) is 5.06. The number of nitrogens with one attached hydrogen (secondary N) is 1. The van der Waals surface area contributed by atoms with Crippen molar-refractivity contribution >= 4 is 23.1 Å². The second kappa shape index (κ2) is 5.21. The van der Waals surface area contributed by atoms with Crippen LogP contribution in [-0.2, 0) is 0 Å². The summed E-state index contributed by atoms with van der Waals surface area (Å²) in [6.45, 7) is 0. The Bertz CT molecular complexity index is 527. The van der Waals surface area contributed by atoms with Crippen molar-refractivity contribution in [1.29, 1.82) is 0 Å². The van der Waals surface area contributed by atoms with Crippen LogP contribution in [0.15, 0.2) is 18.2 Å². The monoisotopic (exact) mass is 284 g/mol. The summed E-state index contributed by atoms with van der Waals surface area (Å²) in [5.74, 6) is -2.53. The molecule has 0 atom stereocenters. The highest BCUT2D eigenvalue weighted by Crippen LogP contribution is 2.30. The molecule has 1 aliphatic carbocycles. The van der Waals surface area contributed by atoms with Crippen molar-refractivity contribution in [2.75, 3.05) is 0 Å². The lowest BCUT2D eigenvalue weighted by Gasteiger charge is -2.29. The molecule has 1 saturated carbocycles. The van der Waals surface area contributed by atoms with E-state index in [1.54, 1.807) is 0 Å². The summed E-state index contributed by atoms with van der Waals surface area (Å²) in [6, 6.07) is 3.02. The molecule has 0 saturated heterocycles. The SMILES string of the molecule is NC(=S)C1(NC(=O)c2ccc(F)c(F)c2)CCCC1. The summed E-state index contributed by atoms with van der Waals surface area (Å²) in [4.78, 5) is 12.3. The number of hydrogen-bond acceptors (Lipinski definition) is 2. The first-order valence-corrected chi connectivity index (χ1v) is 6.43. The molecular formula is C13H14F2N2OS. The molecule has 1 aliphatic rings. The zero-order valence-electron chi connectivity index (χ0n) is 10.2. The normalized spacial score (nSPS) is 17.2. The van der Waals surface area contributed by atoms with Gasteiger partial charge in [0.05, 0.1) is 10.5 Å². The zero-order chi connectivity index (χ0) is 14.0. The molecule has 0 heterocycles. The van der Waals surface area contributed by atoms with Gasteiger partial charge in [-0.15, -0.1) is 0 Å². The molecule has 19 heavy (non-hydrogen) atoms. The Kier molecular flexibility index (Phi) is 3.80. The number of carbonyl (C=O) groups excluding carboxylic acids is 1. The van der Waals surface area contributed by atoms with Gasteiger partial charge in [-0.3, -0.25) is 4.79 Å². The van der Waals surface area contributed by atoms with Crippen molar-refractivity contribution in [3.8, 4) is 0 Å². The first kappa shape index (κ1) is 13.9. The Morgan fingerprint density at radius 3 is 2.42 bits per heavy atom. The van der Waals surface area contributed by atoms with Crippen LogP contribution in [0.2, 0.25) is 0 Å². The fourth-order valence-corrected chi connectivity index (χ4v) is 2.59. The molecule has 2 rings (SSSR count). The van der Waals surface area contributed by atoms with Crippen molar-refractivity contribution in [2.45, 2.75) is 31.2 Å². The number of amides is 1. The highest BCUT2D eigenvalue weighted by atomic mass is 32.1. The van der Waals surface area contributed by atoms with E-state index in [9.17, 15) is 13.6 Å². The maximum Gasteiger partial charge on any atom is 0.252 e. The summed E-state index contributed by atoms with van der Waals surface area (Å²) >= 11 is 5.01. The molecule has 0 radical (unpaired) electrons. The molecule has 1 aromatic rings. The summed E-state index contributed by atoms with van der Waals surface area (Å²) in [7, 11) is 0. The predicted octanol–water partition coefficient (Wildman–Crippen LogP) is 2.29. The lowest BCUT2D eigenvalue weighted by atomic mass is 9.97. The number of thiocarbonyl (C=S) groups is 1. The second-order valence-electron chi connectivity index (χ2n) is 4.74. The van der Waals surface area contributed by atoms with Crippen LogP contribution in [0.4, 0.5) is 8.78 Å². The van der Waals surface area contributed by atoms with Crippen molar-refractivity contribution in [1.82, 2.24) is 5.32 Å². The number of benzene rings is 1. The Morgan fingerprint density at radius 1 is 1.26 bits per heavy atom. The van der Waals surface area contributed by atoms with Crippen LogP contribution in [0.3, 0.4) is 0 Å². The zero-order valence-corrected chi connectivity index (χ0v) is 11.0. The minimum Gasteiger partial charge on any atom is -0.391 e. The van der Waals surface area contributed by atoms with Crippen molar-refractivity contribution in [3.63, 3.8) is 0 Å². The van der Waals surface area contributed by atoms with E-state index in [0.717, 1.165) is 25.0 Å². The van der Waals surface area contributed by atoms with Crippen LogP contribution >= 0.6 is 12.2 Å². The van der Waals surface area contributed by atoms with Gasteiger partial charge in [0.15, 0.2) is 11.6 Å². The van der Waals surface area contributed by atoms with E-state index >= 15 is 0 Å². The predicted molar refractivity (Wildman–Crippen MR) is 71.8 cm³/mol. The van der Waals surface area contributed by atoms with E-state index in [4.69, 9.17) is 18.0 Å². The summed E-state index contributed by atoms with van der Waals surface area (Å²) < 4.78 is 25.9. The number of nitrogens with two attached hydrogens (primary N) is 1. The third-order valence-electron chi connectivity index (χ3n) is 3.46. The Balaban J connectivity index is 2.20. The van der Waals surface area contributed by atoms with Crippen molar-refractivity contribution < 1.29 is 13.6 Å². The van der Waals surface area contributed by atoms with Crippen LogP contribution in [-0.4, -0.2) is 16.4 Å². The van der Waals surface area contributed by atoms with Crippen LogP contribution in [0.25, 0.3) is 0 Å². The van der Waals surface area contributed by atoms with E-state index in [1.807, 2.05) is 0 Å². The Labute approximate surface area is 115 Å². The van der Waals surface area contributed by atoms with E-state index in [0.29, 0.717) is 12.8 Å². The van der Waals surface area contributed by atoms with Crippen LogP contribution in [0.5, 0.6) is 0 Å². The van der Waals surface area contributed by atoms with E-state index < -0.39 is 23.1 Å². The third kappa shape index (κ3) is 2.73. The molecule has 3 N–H and O–H groups in total. The van der Waals surface area contributed by atoms with Gasteiger partial charge in [0.1, 0.15) is 0 Å². The Morgan fingerprint density at radius 2 is 1.89 bits per heavy atom. The molecule has 1 fully saturated rings. The van der Waals surface area contributed by atoms with Gasteiger partial charge < -0.3 is 11.1 Å². The average Bonchev–Trinajstić information content (AvgIpc) is 2.82. The first-order chi connectivity index (χ1) is 8.94. The number of rotatable bonds is 3. The van der Waals surface area contributed by atoms with Gasteiger partial charge in [-0.05, 0) is 31.0 Å². The molecule has 102 valence electrons. The molecule has 6 heteroatoms. The van der Waals surface area contributed by atoms with Crippen LogP contribution in [0, 0.1) is 11.6 Å². The molecule has 0 aliphatic heterocycles. The van der Waals surface area contributed by atoms with Gasteiger partial charge in [0, 0.05) is 5.56 Å². The maximum absolute atomic E-state index is 13.1. The van der Waals surface area contributed by atoms with Gasteiger partial charge in [0.2, 0.25) is 0 Å². The van der Waals surface area contributed by atoms with Crippen LogP contribution in [0.1, 0.15) is 36.0 Å². The molecule has 3 nitrogen and oxygen atoms in total. The lowest BCUT2D eigenvalue weighted by molar-refractivity contribution is 0.0924. The maximum atomic E-state index is 13.1. The van der Waals surface area contributed by atoms with Crippen molar-refractivity contribution in [2.24, 2.45) is 5.73 Å². The largest absolute Gasteiger partial charge is 0.391 e. The molecule has 0 unspecified atom stereocenters. The average molecular weight is 284 g/mol. The van der Waals surface area contributed by atoms with E-state index in [-0.39, 0.29) is 10.6 Å². The second-order valence-corrected chi connectivity index (χ2v) is 5.18. The number of hydrogen-bond donors (Lipinski definition) is 2. The van der Waals surface area contributed by atoms with E-state index in [1.165, 1.54) is 6.07 Å². The molecule has 1 aromatic carbocycles. The molecule has 0 bridgehead atoms. The molecular weight excluding hydrogens is 270 g/mol. The third-order valence-corrected chi connectivity index (χ3v) is 3.85. The van der Waals surface area contributed by atoms with Gasteiger partial charge in [-0.25, -0.2) is 8.78 Å². The van der Waals surface area contributed by atoms with Gasteiger partial charge in [-0.2, -0.15) is 0 Å². The first-order valence-electron chi connectivity index (χ1n) is 6.02.